The van der Waals surface area contributed by atoms with E-state index >= 15 is 0 Å². The molecule has 0 aromatic carbocycles. The van der Waals surface area contributed by atoms with Crippen molar-refractivity contribution in [2.45, 2.75) is 6.92 Å². The Balaban J connectivity index is 1.95. The summed E-state index contributed by atoms with van der Waals surface area (Å²) in [5.41, 5.74) is 3.01. The van der Waals surface area contributed by atoms with Gasteiger partial charge in [0.15, 0.2) is 11.5 Å². The Hall–Kier alpha value is -3.48. The molecule has 4 aromatic heterocycles. The van der Waals surface area contributed by atoms with Crippen LogP contribution in [0.3, 0.4) is 0 Å². The molecule has 7 nitrogen and oxygen atoms in total. The molecule has 4 heterocycles. The molecule has 130 valence electrons. The zero-order valence-corrected chi connectivity index (χ0v) is 14.5. The van der Waals surface area contributed by atoms with E-state index in [-0.39, 0.29) is 0 Å². The molecule has 0 saturated heterocycles. The van der Waals surface area contributed by atoms with Crippen LogP contribution in [0.5, 0.6) is 11.6 Å². The van der Waals surface area contributed by atoms with Gasteiger partial charge in [0.2, 0.25) is 5.88 Å². The molecule has 0 bridgehead atoms. The Bertz CT molecular complexity index is 1030. The van der Waals surface area contributed by atoms with E-state index in [0.717, 1.165) is 16.9 Å². The first-order chi connectivity index (χ1) is 12.8. The lowest BCUT2D eigenvalue weighted by atomic mass is 10.3. The number of pyridine rings is 3. The second kappa shape index (κ2) is 6.79. The van der Waals surface area contributed by atoms with Gasteiger partial charge in [0.25, 0.3) is 0 Å². The molecule has 0 spiro atoms. The van der Waals surface area contributed by atoms with Gasteiger partial charge in [-0.3, -0.25) is 9.55 Å². The van der Waals surface area contributed by atoms with Crippen LogP contribution in [0.4, 0.5) is 0 Å². The molecule has 0 N–H and O–H groups in total. The van der Waals surface area contributed by atoms with Crippen LogP contribution in [-0.2, 0) is 0 Å². The highest BCUT2D eigenvalue weighted by Crippen LogP contribution is 2.28. The third-order valence-electron chi connectivity index (χ3n) is 3.87. The topological polar surface area (TPSA) is 75.0 Å². The van der Waals surface area contributed by atoms with Gasteiger partial charge in [-0.05, 0) is 25.1 Å². The lowest BCUT2D eigenvalue weighted by molar-refractivity contribution is 0.339. The van der Waals surface area contributed by atoms with Crippen molar-refractivity contribution in [3.8, 4) is 28.8 Å². The summed E-state index contributed by atoms with van der Waals surface area (Å²) in [5.74, 6) is 1.92. The average molecular weight is 347 g/mol. The zero-order valence-electron chi connectivity index (χ0n) is 14.5. The molecule has 0 radical (unpaired) electrons. The predicted molar refractivity (Wildman–Crippen MR) is 97.6 cm³/mol. The first-order valence-electron chi connectivity index (χ1n) is 8.23. The number of hydrogen-bond acceptors (Lipinski definition) is 6. The van der Waals surface area contributed by atoms with Crippen molar-refractivity contribution in [1.82, 2.24) is 24.5 Å². The van der Waals surface area contributed by atoms with Gasteiger partial charge in [0, 0.05) is 18.3 Å². The minimum Gasteiger partial charge on any atom is -0.492 e. The van der Waals surface area contributed by atoms with E-state index < -0.39 is 0 Å². The van der Waals surface area contributed by atoms with Gasteiger partial charge in [-0.25, -0.2) is 15.0 Å². The van der Waals surface area contributed by atoms with Gasteiger partial charge in [-0.2, -0.15) is 0 Å². The van der Waals surface area contributed by atoms with Gasteiger partial charge in [0.05, 0.1) is 31.8 Å². The minimum atomic E-state index is 0.546. The predicted octanol–water partition coefficient (Wildman–Crippen LogP) is 3.28. The van der Waals surface area contributed by atoms with Gasteiger partial charge in [-0.15, -0.1) is 0 Å². The zero-order chi connectivity index (χ0) is 17.9. The van der Waals surface area contributed by atoms with Crippen LogP contribution in [0.25, 0.3) is 28.4 Å². The normalized spacial score (nSPS) is 10.8. The molecule has 0 atom stereocenters. The molecule has 26 heavy (non-hydrogen) atoms. The number of hydrogen-bond donors (Lipinski definition) is 0. The monoisotopic (exact) mass is 347 g/mol. The second-order valence-corrected chi connectivity index (χ2v) is 5.49. The Morgan fingerprint density at radius 3 is 2.65 bits per heavy atom. The first-order valence-corrected chi connectivity index (χ1v) is 8.23. The number of aromatic nitrogens is 5. The summed E-state index contributed by atoms with van der Waals surface area (Å²) < 4.78 is 12.6. The van der Waals surface area contributed by atoms with Crippen LogP contribution in [0.2, 0.25) is 0 Å². The van der Waals surface area contributed by atoms with Crippen LogP contribution in [-0.4, -0.2) is 38.2 Å². The van der Waals surface area contributed by atoms with Crippen LogP contribution >= 0.6 is 0 Å². The maximum Gasteiger partial charge on any atom is 0.213 e. The quantitative estimate of drug-likeness (QED) is 0.551. The number of rotatable bonds is 5. The molecular weight excluding hydrogens is 330 g/mol. The van der Waals surface area contributed by atoms with E-state index in [1.54, 1.807) is 31.8 Å². The van der Waals surface area contributed by atoms with E-state index in [0.29, 0.717) is 29.7 Å². The smallest absolute Gasteiger partial charge is 0.213 e. The fraction of sp³-hybridized carbons (Fsp3) is 0.158. The minimum absolute atomic E-state index is 0.546. The molecule has 0 unspecified atom stereocenters. The third kappa shape index (κ3) is 2.83. The van der Waals surface area contributed by atoms with Gasteiger partial charge >= 0.3 is 0 Å². The summed E-state index contributed by atoms with van der Waals surface area (Å²) in [4.78, 5) is 18.0. The highest BCUT2D eigenvalue weighted by molar-refractivity contribution is 5.80. The number of imidazole rings is 1. The summed E-state index contributed by atoms with van der Waals surface area (Å²) in [5, 5.41) is 0. The molecule has 7 heteroatoms. The lowest BCUT2D eigenvalue weighted by Gasteiger charge is -2.09. The Morgan fingerprint density at radius 1 is 1.04 bits per heavy atom. The highest BCUT2D eigenvalue weighted by atomic mass is 16.5. The van der Waals surface area contributed by atoms with E-state index in [1.807, 2.05) is 41.8 Å². The number of nitrogens with zero attached hydrogens (tertiary/aromatic N) is 5. The van der Waals surface area contributed by atoms with Gasteiger partial charge in [-0.1, -0.05) is 6.07 Å². The van der Waals surface area contributed by atoms with E-state index in [4.69, 9.17) is 14.5 Å². The Kier molecular flexibility index (Phi) is 4.18. The Morgan fingerprint density at radius 2 is 1.96 bits per heavy atom. The van der Waals surface area contributed by atoms with Crippen LogP contribution in [0, 0.1) is 0 Å². The van der Waals surface area contributed by atoms with Crippen LogP contribution in [0.15, 0.2) is 55.0 Å². The van der Waals surface area contributed by atoms with Crippen LogP contribution < -0.4 is 9.47 Å². The number of fused-ring (bicyclic) bond motifs is 1. The SMILES string of the molecule is CCOc1cnc2c(c1)nc(-c1ccccn1)n2-c1ccc(OC)nc1. The van der Waals surface area contributed by atoms with E-state index in [2.05, 4.69) is 15.0 Å². The summed E-state index contributed by atoms with van der Waals surface area (Å²) in [6.45, 7) is 2.51. The van der Waals surface area contributed by atoms with Crippen LogP contribution in [0.1, 0.15) is 6.92 Å². The summed E-state index contributed by atoms with van der Waals surface area (Å²) in [7, 11) is 1.59. The Labute approximate surface area is 150 Å². The summed E-state index contributed by atoms with van der Waals surface area (Å²) >= 11 is 0. The molecule has 0 aliphatic heterocycles. The fourth-order valence-electron chi connectivity index (χ4n) is 2.73. The highest BCUT2D eigenvalue weighted by Gasteiger charge is 2.17. The van der Waals surface area contributed by atoms with Crippen molar-refractivity contribution in [3.63, 3.8) is 0 Å². The average Bonchev–Trinajstić information content (AvgIpc) is 3.08. The third-order valence-corrected chi connectivity index (χ3v) is 3.87. The standard InChI is InChI=1S/C19H17N5O2/c1-3-26-14-10-16-18(22-12-14)24(13-7-8-17(25-2)21-11-13)19(23-16)15-6-4-5-9-20-15/h4-12H,3H2,1-2H3. The van der Waals surface area contributed by atoms with E-state index in [1.165, 1.54) is 0 Å². The van der Waals surface area contributed by atoms with Crippen molar-refractivity contribution in [2.75, 3.05) is 13.7 Å². The molecule has 0 aliphatic carbocycles. The number of ether oxygens (including phenoxy) is 2. The molecule has 0 amide bonds. The van der Waals surface area contributed by atoms with Crippen molar-refractivity contribution >= 4 is 11.2 Å². The molecular formula is C19H17N5O2. The summed E-state index contributed by atoms with van der Waals surface area (Å²) in [6, 6.07) is 11.3. The van der Waals surface area contributed by atoms with Crippen molar-refractivity contribution in [1.29, 1.82) is 0 Å². The first kappa shape index (κ1) is 16.0. The molecule has 0 fully saturated rings. The van der Waals surface area contributed by atoms with Crippen molar-refractivity contribution < 1.29 is 9.47 Å². The molecule has 4 aromatic rings. The van der Waals surface area contributed by atoms with E-state index in [9.17, 15) is 0 Å². The van der Waals surface area contributed by atoms with Gasteiger partial charge < -0.3 is 9.47 Å². The maximum atomic E-state index is 5.55. The van der Waals surface area contributed by atoms with Crippen molar-refractivity contribution in [3.05, 3.63) is 55.0 Å². The molecule has 0 saturated carbocycles. The maximum absolute atomic E-state index is 5.55. The lowest BCUT2D eigenvalue weighted by Crippen LogP contribution is -2.01. The van der Waals surface area contributed by atoms with Crippen molar-refractivity contribution in [2.24, 2.45) is 0 Å². The molecule has 4 rings (SSSR count). The largest absolute Gasteiger partial charge is 0.492 e. The fourth-order valence-corrected chi connectivity index (χ4v) is 2.73. The summed E-state index contributed by atoms with van der Waals surface area (Å²) in [6.07, 6.45) is 5.16. The second-order valence-electron chi connectivity index (χ2n) is 5.49. The number of methoxy groups -OCH3 is 1. The van der Waals surface area contributed by atoms with Gasteiger partial charge in [0.1, 0.15) is 17.0 Å². The molecule has 0 aliphatic rings.